The van der Waals surface area contributed by atoms with Gasteiger partial charge >= 0.3 is 0 Å². The van der Waals surface area contributed by atoms with Crippen LogP contribution < -0.4 is 5.32 Å². The van der Waals surface area contributed by atoms with Gasteiger partial charge in [0.15, 0.2) is 0 Å². The molecular weight excluding hydrogens is 305 g/mol. The maximum absolute atomic E-state index is 13.3. The van der Waals surface area contributed by atoms with Crippen molar-refractivity contribution >= 4 is 10.9 Å². The van der Waals surface area contributed by atoms with Crippen molar-refractivity contribution in [2.45, 2.75) is 19.2 Å². The average Bonchev–Trinajstić information content (AvgIpc) is 2.87. The Morgan fingerprint density at radius 3 is 2.75 bits per heavy atom. The zero-order valence-electron chi connectivity index (χ0n) is 13.0. The molecule has 2 heterocycles. The lowest BCUT2D eigenvalue weighted by Crippen LogP contribution is -2.20. The van der Waals surface area contributed by atoms with Crippen molar-refractivity contribution in [2.75, 3.05) is 6.54 Å². The summed E-state index contributed by atoms with van der Waals surface area (Å²) >= 11 is 0. The van der Waals surface area contributed by atoms with Gasteiger partial charge in [0.25, 0.3) is 0 Å². The van der Waals surface area contributed by atoms with Crippen LogP contribution in [-0.4, -0.2) is 16.2 Å². The van der Waals surface area contributed by atoms with E-state index in [0.29, 0.717) is 5.56 Å². The van der Waals surface area contributed by atoms with Crippen molar-refractivity contribution in [3.8, 4) is 17.2 Å². The van der Waals surface area contributed by atoms with Gasteiger partial charge in [0, 0.05) is 17.5 Å². The number of benzene rings is 2. The average molecular weight is 321 g/mol. The van der Waals surface area contributed by atoms with Crippen LogP contribution in [0.5, 0.6) is 0 Å². The highest BCUT2D eigenvalue weighted by Gasteiger charge is 2.21. The Morgan fingerprint density at radius 2 is 2.00 bits per heavy atom. The summed E-state index contributed by atoms with van der Waals surface area (Å²) in [6.07, 6.45) is 0.169. The standard InChI is InChI=1S/C19H16FN3O/c20-15-4-2-13(3-5-15)16-9-12(11-21)8-14-10-17-19(24)22-6-1-7-23(17)18(14)16/h2-5,8-10,19,22,24H,1,6-7H2. The summed E-state index contributed by atoms with van der Waals surface area (Å²) in [6, 6.07) is 14.0. The number of aliphatic hydroxyl groups excluding tert-OH is 1. The molecule has 0 fully saturated rings. The second-order valence-corrected chi connectivity index (χ2v) is 6.01. The van der Waals surface area contributed by atoms with E-state index in [1.165, 1.54) is 12.1 Å². The minimum Gasteiger partial charge on any atom is -0.373 e. The molecule has 0 radical (unpaired) electrons. The first-order chi connectivity index (χ1) is 11.7. The molecule has 1 atom stereocenters. The highest BCUT2D eigenvalue weighted by atomic mass is 19.1. The van der Waals surface area contributed by atoms with E-state index in [-0.39, 0.29) is 5.82 Å². The SMILES string of the molecule is N#Cc1cc(-c2ccc(F)cc2)c2c(c1)cc1n2CCCNC1O. The molecule has 4 nitrogen and oxygen atoms in total. The first kappa shape index (κ1) is 14.9. The Hall–Kier alpha value is -2.68. The van der Waals surface area contributed by atoms with Crippen LogP contribution in [-0.2, 0) is 6.54 Å². The number of aryl methyl sites for hydroxylation is 1. The number of hydrogen-bond donors (Lipinski definition) is 2. The van der Waals surface area contributed by atoms with E-state index in [4.69, 9.17) is 0 Å². The smallest absolute Gasteiger partial charge is 0.146 e. The zero-order valence-corrected chi connectivity index (χ0v) is 13.0. The van der Waals surface area contributed by atoms with Crippen molar-refractivity contribution in [3.05, 3.63) is 59.5 Å². The maximum Gasteiger partial charge on any atom is 0.146 e. The Morgan fingerprint density at radius 1 is 1.21 bits per heavy atom. The number of halogens is 1. The summed E-state index contributed by atoms with van der Waals surface area (Å²) in [7, 11) is 0. The molecule has 0 saturated carbocycles. The van der Waals surface area contributed by atoms with Crippen molar-refractivity contribution in [2.24, 2.45) is 0 Å². The Kier molecular flexibility index (Phi) is 3.57. The third-order valence-electron chi connectivity index (χ3n) is 4.49. The lowest BCUT2D eigenvalue weighted by atomic mass is 10.00. The second kappa shape index (κ2) is 5.75. The number of aromatic nitrogens is 1. The molecule has 1 aromatic heterocycles. The molecule has 0 aliphatic carbocycles. The molecule has 2 aromatic carbocycles. The molecule has 0 saturated heterocycles. The molecule has 0 spiro atoms. The van der Waals surface area contributed by atoms with E-state index < -0.39 is 6.23 Å². The zero-order chi connectivity index (χ0) is 16.7. The molecular formula is C19H16FN3O. The highest BCUT2D eigenvalue weighted by molar-refractivity contribution is 5.96. The number of nitriles is 1. The predicted octanol–water partition coefficient (Wildman–Crippen LogP) is 3.30. The topological polar surface area (TPSA) is 61.0 Å². The van der Waals surface area contributed by atoms with E-state index in [1.807, 2.05) is 18.2 Å². The van der Waals surface area contributed by atoms with Crippen LogP contribution in [0.4, 0.5) is 4.39 Å². The van der Waals surface area contributed by atoms with E-state index >= 15 is 0 Å². The summed E-state index contributed by atoms with van der Waals surface area (Å²) in [5.74, 6) is -0.292. The molecule has 0 bridgehead atoms. The Balaban J connectivity index is 2.04. The van der Waals surface area contributed by atoms with Gasteiger partial charge in [-0.2, -0.15) is 5.26 Å². The number of rotatable bonds is 1. The number of nitrogens with one attached hydrogen (secondary N) is 1. The maximum atomic E-state index is 13.3. The van der Waals surface area contributed by atoms with Gasteiger partial charge in [-0.1, -0.05) is 12.1 Å². The van der Waals surface area contributed by atoms with Crippen LogP contribution in [0.15, 0.2) is 42.5 Å². The predicted molar refractivity (Wildman–Crippen MR) is 89.6 cm³/mol. The Labute approximate surface area is 138 Å². The summed E-state index contributed by atoms with van der Waals surface area (Å²) in [5, 5.41) is 23.6. The monoisotopic (exact) mass is 321 g/mol. The van der Waals surface area contributed by atoms with Gasteiger partial charge in [0.05, 0.1) is 22.8 Å². The van der Waals surface area contributed by atoms with Crippen LogP contribution in [0.2, 0.25) is 0 Å². The van der Waals surface area contributed by atoms with Crippen LogP contribution in [0.3, 0.4) is 0 Å². The van der Waals surface area contributed by atoms with E-state index in [9.17, 15) is 14.8 Å². The number of hydrogen-bond acceptors (Lipinski definition) is 3. The molecule has 3 aromatic rings. The molecule has 120 valence electrons. The summed E-state index contributed by atoms with van der Waals surface area (Å²) < 4.78 is 15.4. The first-order valence-electron chi connectivity index (χ1n) is 7.92. The van der Waals surface area contributed by atoms with E-state index in [2.05, 4.69) is 16.0 Å². The summed E-state index contributed by atoms with van der Waals surface area (Å²) in [6.45, 7) is 1.52. The van der Waals surface area contributed by atoms with Gasteiger partial charge in [-0.15, -0.1) is 0 Å². The minimum atomic E-state index is -0.730. The highest BCUT2D eigenvalue weighted by Crippen LogP contribution is 2.35. The van der Waals surface area contributed by atoms with E-state index in [1.54, 1.807) is 12.1 Å². The minimum absolute atomic E-state index is 0.292. The van der Waals surface area contributed by atoms with Gasteiger partial charge < -0.3 is 9.67 Å². The normalized spacial score (nSPS) is 17.3. The fourth-order valence-corrected chi connectivity index (χ4v) is 3.40. The van der Waals surface area contributed by atoms with Crippen molar-refractivity contribution in [1.29, 1.82) is 5.26 Å². The molecule has 5 heteroatoms. The van der Waals surface area contributed by atoms with Crippen molar-refractivity contribution in [3.63, 3.8) is 0 Å². The van der Waals surface area contributed by atoms with Crippen molar-refractivity contribution < 1.29 is 9.50 Å². The third-order valence-corrected chi connectivity index (χ3v) is 4.49. The number of aliphatic hydroxyl groups is 1. The van der Waals surface area contributed by atoms with E-state index in [0.717, 1.165) is 47.2 Å². The fourth-order valence-electron chi connectivity index (χ4n) is 3.40. The van der Waals surface area contributed by atoms with Crippen LogP contribution in [0.1, 0.15) is 23.9 Å². The molecule has 1 aliphatic heterocycles. The molecule has 1 aliphatic rings. The van der Waals surface area contributed by atoms with Crippen molar-refractivity contribution in [1.82, 2.24) is 9.88 Å². The number of fused-ring (bicyclic) bond motifs is 3. The molecule has 1 unspecified atom stereocenters. The van der Waals surface area contributed by atoms with Crippen LogP contribution in [0.25, 0.3) is 22.0 Å². The fraction of sp³-hybridized carbons (Fsp3) is 0.211. The summed E-state index contributed by atoms with van der Waals surface area (Å²) in [4.78, 5) is 0. The van der Waals surface area contributed by atoms with Gasteiger partial charge in [-0.3, -0.25) is 5.32 Å². The molecule has 2 N–H and O–H groups in total. The van der Waals surface area contributed by atoms with Gasteiger partial charge in [-0.25, -0.2) is 4.39 Å². The van der Waals surface area contributed by atoms with Gasteiger partial charge in [0.2, 0.25) is 0 Å². The molecule has 4 rings (SSSR count). The van der Waals surface area contributed by atoms with Crippen LogP contribution >= 0.6 is 0 Å². The molecule has 24 heavy (non-hydrogen) atoms. The quantitative estimate of drug-likeness (QED) is 0.723. The lowest BCUT2D eigenvalue weighted by Gasteiger charge is -2.13. The second-order valence-electron chi connectivity index (χ2n) is 6.01. The first-order valence-corrected chi connectivity index (χ1v) is 7.92. The lowest BCUT2D eigenvalue weighted by molar-refractivity contribution is 0.138. The summed E-state index contributed by atoms with van der Waals surface area (Å²) in [5.41, 5.74) is 4.04. The Bertz CT molecular complexity index is 953. The largest absolute Gasteiger partial charge is 0.373 e. The van der Waals surface area contributed by atoms with Crippen LogP contribution in [0, 0.1) is 17.1 Å². The third kappa shape index (κ3) is 2.37. The van der Waals surface area contributed by atoms with Gasteiger partial charge in [-0.05, 0) is 48.9 Å². The number of nitrogens with zero attached hydrogens (tertiary/aromatic N) is 2. The van der Waals surface area contributed by atoms with Gasteiger partial charge in [0.1, 0.15) is 12.0 Å². The molecule has 0 amide bonds.